The third kappa shape index (κ3) is 11.3. The average Bonchev–Trinajstić information content (AvgIpc) is 2.17. The summed E-state index contributed by atoms with van der Waals surface area (Å²) >= 11 is 0. The van der Waals surface area contributed by atoms with Crippen molar-refractivity contribution in [3.8, 4) is 0 Å². The van der Waals surface area contributed by atoms with Crippen LogP contribution in [0.3, 0.4) is 0 Å². The molecule has 0 fully saturated rings. The van der Waals surface area contributed by atoms with Crippen molar-refractivity contribution in [1.29, 1.82) is 0 Å². The second-order valence-electron chi connectivity index (χ2n) is 3.72. The number of ketones is 1. The van der Waals surface area contributed by atoms with E-state index in [1.54, 1.807) is 18.7 Å². The molecule has 6 nitrogen and oxygen atoms in total. The normalized spacial score (nSPS) is 13.6. The summed E-state index contributed by atoms with van der Waals surface area (Å²) in [5.41, 5.74) is 0. The van der Waals surface area contributed by atoms with Gasteiger partial charge in [-0.25, -0.2) is 4.79 Å². The first-order chi connectivity index (χ1) is 7.73. The SMILES string of the molecule is CC(=O)C(=O)O.CCCCN(C(C)O)C(C)O. The Morgan fingerprint density at radius 2 is 1.53 bits per heavy atom. The van der Waals surface area contributed by atoms with Gasteiger partial charge in [0.2, 0.25) is 5.78 Å². The number of rotatable bonds is 6. The Morgan fingerprint density at radius 3 is 1.71 bits per heavy atom. The van der Waals surface area contributed by atoms with Gasteiger partial charge in [-0.05, 0) is 20.3 Å². The van der Waals surface area contributed by atoms with Crippen molar-refractivity contribution < 1.29 is 24.9 Å². The van der Waals surface area contributed by atoms with Gasteiger partial charge in [-0.15, -0.1) is 0 Å². The van der Waals surface area contributed by atoms with Crippen molar-refractivity contribution in [3.63, 3.8) is 0 Å². The van der Waals surface area contributed by atoms with Crippen LogP contribution in [0.2, 0.25) is 0 Å². The minimum Gasteiger partial charge on any atom is -0.476 e. The highest BCUT2D eigenvalue weighted by Crippen LogP contribution is 2.03. The molecule has 0 rings (SSSR count). The highest BCUT2D eigenvalue weighted by molar-refractivity contribution is 6.31. The molecule has 0 bridgehead atoms. The minimum atomic E-state index is -1.38. The van der Waals surface area contributed by atoms with E-state index in [0.717, 1.165) is 26.3 Å². The van der Waals surface area contributed by atoms with E-state index in [2.05, 4.69) is 6.92 Å². The van der Waals surface area contributed by atoms with E-state index in [0.29, 0.717) is 0 Å². The minimum absolute atomic E-state index is 0.554. The van der Waals surface area contributed by atoms with Gasteiger partial charge in [0.1, 0.15) is 12.5 Å². The molecule has 0 saturated carbocycles. The molecule has 0 radical (unpaired) electrons. The Labute approximate surface area is 102 Å². The van der Waals surface area contributed by atoms with Gasteiger partial charge in [0, 0.05) is 13.5 Å². The van der Waals surface area contributed by atoms with Crippen LogP contribution >= 0.6 is 0 Å². The van der Waals surface area contributed by atoms with Crippen molar-refractivity contribution >= 4 is 11.8 Å². The number of hydrogen-bond donors (Lipinski definition) is 3. The molecular formula is C11H23NO5. The number of carboxylic acid groups (broad SMARTS) is 1. The lowest BCUT2D eigenvalue weighted by Gasteiger charge is -2.27. The standard InChI is InChI=1S/C8H19NO2.C3H4O3/c1-4-5-6-9(7(2)10)8(3)11;1-2(4)3(5)6/h7-8,10-11H,4-6H2,1-3H3;1H3,(H,5,6). The van der Waals surface area contributed by atoms with E-state index in [1.807, 2.05) is 0 Å². The van der Waals surface area contributed by atoms with Crippen LogP contribution in [-0.4, -0.2) is 51.0 Å². The Morgan fingerprint density at radius 1 is 1.18 bits per heavy atom. The zero-order valence-corrected chi connectivity index (χ0v) is 10.9. The van der Waals surface area contributed by atoms with Crippen LogP contribution in [-0.2, 0) is 9.59 Å². The number of hydrogen-bond acceptors (Lipinski definition) is 5. The van der Waals surface area contributed by atoms with Crippen molar-refractivity contribution in [2.45, 2.75) is 53.0 Å². The van der Waals surface area contributed by atoms with E-state index in [9.17, 15) is 19.8 Å². The molecule has 0 saturated heterocycles. The number of carboxylic acids is 1. The molecule has 17 heavy (non-hydrogen) atoms. The molecule has 0 aromatic rings. The van der Waals surface area contributed by atoms with Crippen molar-refractivity contribution in [2.75, 3.05) is 6.54 Å². The highest BCUT2D eigenvalue weighted by atomic mass is 16.4. The summed E-state index contributed by atoms with van der Waals surface area (Å²) in [6, 6.07) is 0. The van der Waals surface area contributed by atoms with E-state index in [-0.39, 0.29) is 0 Å². The fraction of sp³-hybridized carbons (Fsp3) is 0.818. The summed E-state index contributed by atoms with van der Waals surface area (Å²) in [4.78, 5) is 20.5. The number of carbonyl (C=O) groups is 2. The predicted octanol–water partition coefficient (Wildman–Crippen LogP) is 0.425. The van der Waals surface area contributed by atoms with Crippen LogP contribution in [0.25, 0.3) is 0 Å². The van der Waals surface area contributed by atoms with Gasteiger partial charge in [0.25, 0.3) is 0 Å². The number of aliphatic carboxylic acids is 1. The topological polar surface area (TPSA) is 98.1 Å². The monoisotopic (exact) mass is 249 g/mol. The van der Waals surface area contributed by atoms with Crippen LogP contribution in [0.1, 0.15) is 40.5 Å². The predicted molar refractivity (Wildman–Crippen MR) is 63.3 cm³/mol. The van der Waals surface area contributed by atoms with Crippen LogP contribution in [0.15, 0.2) is 0 Å². The summed E-state index contributed by atoms with van der Waals surface area (Å²) in [6.45, 7) is 7.18. The van der Waals surface area contributed by atoms with Crippen LogP contribution in [0, 0.1) is 0 Å². The van der Waals surface area contributed by atoms with E-state index >= 15 is 0 Å². The van der Waals surface area contributed by atoms with Gasteiger partial charge in [0.05, 0.1) is 0 Å². The lowest BCUT2D eigenvalue weighted by Crippen LogP contribution is -2.40. The summed E-state index contributed by atoms with van der Waals surface area (Å²) in [6.07, 6.45) is 0.981. The van der Waals surface area contributed by atoms with E-state index in [1.165, 1.54) is 0 Å². The van der Waals surface area contributed by atoms with E-state index in [4.69, 9.17) is 5.11 Å². The highest BCUT2D eigenvalue weighted by Gasteiger charge is 2.14. The maximum atomic E-state index is 9.54. The Kier molecular flexibility index (Phi) is 11.0. The quantitative estimate of drug-likeness (QED) is 0.466. The Hall–Kier alpha value is -0.980. The first-order valence-corrected chi connectivity index (χ1v) is 5.59. The van der Waals surface area contributed by atoms with Crippen molar-refractivity contribution in [2.24, 2.45) is 0 Å². The van der Waals surface area contributed by atoms with Gasteiger partial charge in [-0.3, -0.25) is 9.69 Å². The molecule has 0 aliphatic heterocycles. The number of aliphatic hydroxyl groups is 2. The summed E-state index contributed by atoms with van der Waals surface area (Å²) < 4.78 is 0. The number of unbranched alkanes of at least 4 members (excludes halogenated alkanes) is 1. The molecule has 102 valence electrons. The Balaban J connectivity index is 0. The molecule has 0 amide bonds. The maximum absolute atomic E-state index is 9.54. The maximum Gasteiger partial charge on any atom is 0.371 e. The fourth-order valence-electron chi connectivity index (χ4n) is 1.03. The Bertz CT molecular complexity index is 208. The van der Waals surface area contributed by atoms with Gasteiger partial charge in [-0.2, -0.15) is 0 Å². The van der Waals surface area contributed by atoms with E-state index < -0.39 is 24.2 Å². The largest absolute Gasteiger partial charge is 0.476 e. The van der Waals surface area contributed by atoms with Crippen LogP contribution < -0.4 is 0 Å². The third-order valence-electron chi connectivity index (χ3n) is 2.03. The van der Waals surface area contributed by atoms with Gasteiger partial charge in [-0.1, -0.05) is 13.3 Å². The molecule has 3 N–H and O–H groups in total. The van der Waals surface area contributed by atoms with Crippen molar-refractivity contribution in [1.82, 2.24) is 4.90 Å². The third-order valence-corrected chi connectivity index (χ3v) is 2.03. The lowest BCUT2D eigenvalue weighted by molar-refractivity contribution is -0.148. The lowest BCUT2D eigenvalue weighted by atomic mass is 10.3. The molecular weight excluding hydrogens is 226 g/mol. The first kappa shape index (κ1) is 18.4. The summed E-state index contributed by atoms with van der Waals surface area (Å²) in [5.74, 6) is -2.20. The fourth-order valence-corrected chi connectivity index (χ4v) is 1.03. The van der Waals surface area contributed by atoms with Crippen LogP contribution in [0.4, 0.5) is 0 Å². The molecule has 0 aromatic carbocycles. The van der Waals surface area contributed by atoms with Gasteiger partial charge in [0.15, 0.2) is 0 Å². The summed E-state index contributed by atoms with van der Waals surface area (Å²) in [5, 5.41) is 26.0. The average molecular weight is 249 g/mol. The number of nitrogens with zero attached hydrogens (tertiary/aromatic N) is 1. The number of Topliss-reactive ketones (excluding diaryl/α,β-unsaturated/α-hetero) is 1. The number of aliphatic hydroxyl groups excluding tert-OH is 2. The molecule has 0 aliphatic carbocycles. The van der Waals surface area contributed by atoms with Gasteiger partial charge < -0.3 is 15.3 Å². The molecule has 0 aromatic heterocycles. The molecule has 0 aliphatic rings. The molecule has 6 heteroatoms. The zero-order chi connectivity index (χ0) is 14.0. The van der Waals surface area contributed by atoms with Gasteiger partial charge >= 0.3 is 5.97 Å². The molecule has 2 atom stereocenters. The zero-order valence-electron chi connectivity index (χ0n) is 10.9. The second kappa shape index (κ2) is 10.2. The smallest absolute Gasteiger partial charge is 0.371 e. The van der Waals surface area contributed by atoms with Crippen LogP contribution in [0.5, 0.6) is 0 Å². The number of carbonyl (C=O) groups excluding carboxylic acids is 1. The molecule has 0 heterocycles. The first-order valence-electron chi connectivity index (χ1n) is 5.59. The van der Waals surface area contributed by atoms with Crippen molar-refractivity contribution in [3.05, 3.63) is 0 Å². The molecule has 0 spiro atoms. The summed E-state index contributed by atoms with van der Waals surface area (Å²) in [7, 11) is 0. The second-order valence-corrected chi connectivity index (χ2v) is 3.72. The molecule has 2 unspecified atom stereocenters.